The predicted octanol–water partition coefficient (Wildman–Crippen LogP) is 3.65. The topological polar surface area (TPSA) is 50.4 Å². The zero-order valence-electron chi connectivity index (χ0n) is 11.3. The minimum absolute atomic E-state index is 0.143. The van der Waals surface area contributed by atoms with Crippen LogP contribution in [0.2, 0.25) is 0 Å². The highest BCUT2D eigenvalue weighted by Gasteiger charge is 2.19. The molecule has 0 aliphatic carbocycles. The van der Waals surface area contributed by atoms with E-state index in [9.17, 15) is 14.3 Å². The highest BCUT2D eigenvalue weighted by Crippen LogP contribution is 2.29. The third kappa shape index (κ3) is 2.34. The number of hydrogen-bond acceptors (Lipinski definition) is 3. The van der Waals surface area contributed by atoms with Gasteiger partial charge >= 0.3 is 0 Å². The number of para-hydroxylation sites is 1. The van der Waals surface area contributed by atoms with Gasteiger partial charge in [-0.25, -0.2) is 4.39 Å². The summed E-state index contributed by atoms with van der Waals surface area (Å²) in [6.45, 7) is 1.51. The van der Waals surface area contributed by atoms with Crippen LogP contribution in [0.5, 0.6) is 0 Å². The minimum Gasteiger partial charge on any atom is -0.457 e. The second-order valence-electron chi connectivity index (χ2n) is 4.85. The first-order valence-corrected chi connectivity index (χ1v) is 6.57. The molecule has 0 aliphatic heterocycles. The maximum atomic E-state index is 13.4. The van der Waals surface area contributed by atoms with E-state index in [4.69, 9.17) is 4.42 Å². The van der Waals surface area contributed by atoms with E-state index >= 15 is 0 Å². The molecule has 0 aliphatic rings. The largest absolute Gasteiger partial charge is 0.457 e. The van der Waals surface area contributed by atoms with Gasteiger partial charge in [-0.2, -0.15) is 0 Å². The first-order valence-electron chi connectivity index (χ1n) is 6.57. The van der Waals surface area contributed by atoms with Crippen molar-refractivity contribution in [3.05, 3.63) is 70.3 Å². The van der Waals surface area contributed by atoms with Crippen LogP contribution in [0.1, 0.15) is 18.8 Å². The molecule has 3 rings (SSSR count). The van der Waals surface area contributed by atoms with Gasteiger partial charge in [-0.3, -0.25) is 4.79 Å². The predicted molar refractivity (Wildman–Crippen MR) is 78.5 cm³/mol. The van der Waals surface area contributed by atoms with E-state index in [1.54, 1.807) is 30.3 Å². The Morgan fingerprint density at radius 1 is 1.14 bits per heavy atom. The minimum atomic E-state index is -0.972. The van der Waals surface area contributed by atoms with Crippen LogP contribution < -0.4 is 5.43 Å². The molecule has 0 radical (unpaired) electrons. The Bertz CT molecular complexity index is 865. The van der Waals surface area contributed by atoms with Crippen LogP contribution in [0.4, 0.5) is 4.39 Å². The third-order valence-corrected chi connectivity index (χ3v) is 3.32. The summed E-state index contributed by atoms with van der Waals surface area (Å²) in [7, 11) is 0. The third-order valence-electron chi connectivity index (χ3n) is 3.32. The second-order valence-corrected chi connectivity index (χ2v) is 4.85. The molecule has 21 heavy (non-hydrogen) atoms. The summed E-state index contributed by atoms with van der Waals surface area (Å²) >= 11 is 0. The Kier molecular flexibility index (Phi) is 3.31. The smallest absolute Gasteiger partial charge is 0.200 e. The zero-order chi connectivity index (χ0) is 15.0. The highest BCUT2D eigenvalue weighted by molar-refractivity contribution is 5.82. The van der Waals surface area contributed by atoms with Crippen LogP contribution in [-0.2, 0) is 0 Å². The Morgan fingerprint density at radius 3 is 2.62 bits per heavy atom. The molecule has 0 spiro atoms. The van der Waals surface area contributed by atoms with Crippen LogP contribution in [0, 0.1) is 5.82 Å². The van der Waals surface area contributed by atoms with Gasteiger partial charge in [0.25, 0.3) is 0 Å². The van der Waals surface area contributed by atoms with Gasteiger partial charge in [-0.15, -0.1) is 0 Å². The zero-order valence-corrected chi connectivity index (χ0v) is 11.3. The molecule has 0 amide bonds. The summed E-state index contributed by atoms with van der Waals surface area (Å²) in [6.07, 6.45) is -0.972. The number of benzene rings is 2. The molecular weight excluding hydrogens is 271 g/mol. The van der Waals surface area contributed by atoms with Gasteiger partial charge in [0, 0.05) is 0 Å². The van der Waals surface area contributed by atoms with E-state index in [1.165, 1.54) is 25.1 Å². The van der Waals surface area contributed by atoms with E-state index in [1.807, 2.05) is 0 Å². The summed E-state index contributed by atoms with van der Waals surface area (Å²) in [5.74, 6) is -0.305. The van der Waals surface area contributed by atoms with Crippen LogP contribution in [-0.4, -0.2) is 5.11 Å². The summed E-state index contributed by atoms with van der Waals surface area (Å²) in [4.78, 5) is 12.7. The van der Waals surface area contributed by atoms with E-state index in [0.717, 1.165) is 0 Å². The molecule has 2 aromatic carbocycles. The van der Waals surface area contributed by atoms with Gasteiger partial charge in [-0.05, 0) is 36.8 Å². The van der Waals surface area contributed by atoms with Gasteiger partial charge in [0.15, 0.2) is 0 Å². The summed E-state index contributed by atoms with van der Waals surface area (Å²) in [5.41, 5.74) is 0.713. The molecule has 3 aromatic rings. The van der Waals surface area contributed by atoms with E-state index in [0.29, 0.717) is 16.5 Å². The van der Waals surface area contributed by atoms with Gasteiger partial charge in [-0.1, -0.05) is 24.3 Å². The first kappa shape index (κ1) is 13.5. The average Bonchev–Trinajstić information content (AvgIpc) is 2.47. The van der Waals surface area contributed by atoms with Crippen LogP contribution in [0.3, 0.4) is 0 Å². The van der Waals surface area contributed by atoms with Crippen molar-refractivity contribution in [2.45, 2.75) is 13.0 Å². The molecule has 106 valence electrons. The summed E-state index contributed by atoms with van der Waals surface area (Å²) in [5, 5.41) is 10.3. The number of hydrogen-bond donors (Lipinski definition) is 1. The quantitative estimate of drug-likeness (QED) is 0.781. The van der Waals surface area contributed by atoms with Crippen molar-refractivity contribution in [1.29, 1.82) is 0 Å². The van der Waals surface area contributed by atoms with Crippen LogP contribution in [0.15, 0.2) is 57.7 Å². The highest BCUT2D eigenvalue weighted by atomic mass is 19.1. The van der Waals surface area contributed by atoms with Crippen LogP contribution in [0.25, 0.3) is 22.1 Å². The number of halogens is 1. The van der Waals surface area contributed by atoms with Crippen molar-refractivity contribution in [2.75, 3.05) is 0 Å². The molecule has 1 atom stereocenters. The lowest BCUT2D eigenvalue weighted by molar-refractivity contribution is 0.171. The van der Waals surface area contributed by atoms with Crippen LogP contribution >= 0.6 is 0 Å². The maximum Gasteiger partial charge on any atom is 0.200 e. The maximum absolute atomic E-state index is 13.4. The lowest BCUT2D eigenvalue weighted by Gasteiger charge is -2.12. The number of aliphatic hydroxyl groups excluding tert-OH is 1. The Morgan fingerprint density at radius 2 is 1.90 bits per heavy atom. The monoisotopic (exact) mass is 284 g/mol. The average molecular weight is 284 g/mol. The summed E-state index contributed by atoms with van der Waals surface area (Å²) in [6, 6.07) is 12.5. The van der Waals surface area contributed by atoms with Gasteiger partial charge in [0.2, 0.25) is 5.43 Å². The Balaban J connectivity index is 2.42. The van der Waals surface area contributed by atoms with E-state index in [2.05, 4.69) is 0 Å². The lowest BCUT2D eigenvalue weighted by atomic mass is 10.00. The molecule has 4 heteroatoms. The standard InChI is InChI=1S/C17H13FO3/c1-10(19)17-15(11-5-4-6-12(18)9-11)16(20)13-7-2-3-8-14(13)21-17/h2-10,19H,1H3/t10-/m0/s1. The number of rotatable bonds is 2. The normalized spacial score (nSPS) is 12.5. The van der Waals surface area contributed by atoms with Crippen molar-refractivity contribution in [1.82, 2.24) is 0 Å². The van der Waals surface area contributed by atoms with Gasteiger partial charge in [0.05, 0.1) is 10.9 Å². The number of aliphatic hydroxyl groups is 1. The lowest BCUT2D eigenvalue weighted by Crippen LogP contribution is -2.11. The number of fused-ring (bicyclic) bond motifs is 1. The second kappa shape index (κ2) is 5.14. The molecule has 1 N–H and O–H groups in total. The molecule has 0 unspecified atom stereocenters. The van der Waals surface area contributed by atoms with Crippen molar-refractivity contribution >= 4 is 11.0 Å². The molecule has 0 saturated heterocycles. The molecule has 3 nitrogen and oxygen atoms in total. The molecular formula is C17H13FO3. The van der Waals surface area contributed by atoms with Gasteiger partial charge < -0.3 is 9.52 Å². The Hall–Kier alpha value is -2.46. The fraction of sp³-hybridized carbons (Fsp3) is 0.118. The molecule has 0 fully saturated rings. The fourth-order valence-electron chi connectivity index (χ4n) is 2.37. The Labute approximate surface area is 120 Å². The van der Waals surface area contributed by atoms with E-state index < -0.39 is 11.9 Å². The van der Waals surface area contributed by atoms with Crippen molar-refractivity contribution < 1.29 is 13.9 Å². The fourth-order valence-corrected chi connectivity index (χ4v) is 2.37. The molecule has 0 saturated carbocycles. The SMILES string of the molecule is C[C@H](O)c1oc2ccccc2c(=O)c1-c1cccc(F)c1. The summed E-state index contributed by atoms with van der Waals surface area (Å²) < 4.78 is 19.1. The molecule has 1 heterocycles. The van der Waals surface area contributed by atoms with Crippen molar-refractivity contribution in [2.24, 2.45) is 0 Å². The molecule has 0 bridgehead atoms. The molecule has 1 aromatic heterocycles. The van der Waals surface area contributed by atoms with E-state index in [-0.39, 0.29) is 16.8 Å². The van der Waals surface area contributed by atoms with Gasteiger partial charge in [0.1, 0.15) is 23.3 Å². The first-order chi connectivity index (χ1) is 10.1. The van der Waals surface area contributed by atoms with Crippen molar-refractivity contribution in [3.63, 3.8) is 0 Å². The van der Waals surface area contributed by atoms with Crippen molar-refractivity contribution in [3.8, 4) is 11.1 Å².